The van der Waals surface area contributed by atoms with Gasteiger partial charge in [-0.3, -0.25) is 0 Å². The second kappa shape index (κ2) is 8.76. The summed E-state index contributed by atoms with van der Waals surface area (Å²) in [6.45, 7) is 14.7. The Morgan fingerprint density at radius 1 is 1.35 bits per heavy atom. The molecule has 0 aromatic rings. The molecule has 5 heteroatoms. The number of rotatable bonds is 11. The van der Waals surface area contributed by atoms with Crippen molar-refractivity contribution in [2.75, 3.05) is 6.61 Å². The first kappa shape index (κ1) is 18.7. The summed E-state index contributed by atoms with van der Waals surface area (Å²) in [6.07, 6.45) is 2.06. The van der Waals surface area contributed by atoms with Gasteiger partial charge in [0.2, 0.25) is 0 Å². The standard InChI is InChI=1S/C15H26O5/c1-7-18-10-15(6,19-11(2)3)20-13(5)9-8-12(4)14(16)17/h7,11,13H,1,4,8-10H2,2-3,5-6H3,(H,16,17). The van der Waals surface area contributed by atoms with Gasteiger partial charge in [-0.1, -0.05) is 13.2 Å². The van der Waals surface area contributed by atoms with Crippen LogP contribution >= 0.6 is 0 Å². The molecular weight excluding hydrogens is 260 g/mol. The lowest BCUT2D eigenvalue weighted by Crippen LogP contribution is -2.42. The predicted octanol–water partition coefficient (Wildman–Crippen LogP) is 3.11. The maximum absolute atomic E-state index is 10.7. The first-order chi connectivity index (χ1) is 9.20. The van der Waals surface area contributed by atoms with Crippen molar-refractivity contribution in [1.82, 2.24) is 0 Å². The van der Waals surface area contributed by atoms with Gasteiger partial charge in [0.1, 0.15) is 6.61 Å². The monoisotopic (exact) mass is 286 g/mol. The molecule has 0 saturated carbocycles. The molecule has 0 bridgehead atoms. The maximum atomic E-state index is 10.7. The Morgan fingerprint density at radius 2 is 1.95 bits per heavy atom. The lowest BCUT2D eigenvalue weighted by atomic mass is 10.1. The highest BCUT2D eigenvalue weighted by molar-refractivity contribution is 5.85. The van der Waals surface area contributed by atoms with Crippen LogP contribution in [-0.2, 0) is 19.0 Å². The summed E-state index contributed by atoms with van der Waals surface area (Å²) in [7, 11) is 0. The molecule has 0 aromatic carbocycles. The zero-order valence-corrected chi connectivity index (χ0v) is 12.8. The van der Waals surface area contributed by atoms with Crippen molar-refractivity contribution in [3.05, 3.63) is 25.0 Å². The summed E-state index contributed by atoms with van der Waals surface area (Å²) >= 11 is 0. The fourth-order valence-electron chi connectivity index (χ4n) is 1.77. The SMILES string of the molecule is C=COCC(C)(OC(C)C)OC(C)CCC(=C)C(=O)O. The predicted molar refractivity (Wildman–Crippen MR) is 77.3 cm³/mol. The highest BCUT2D eigenvalue weighted by Crippen LogP contribution is 2.21. The average molecular weight is 286 g/mol. The quantitative estimate of drug-likeness (QED) is 0.359. The smallest absolute Gasteiger partial charge is 0.330 e. The number of carboxylic acids is 1. The zero-order valence-electron chi connectivity index (χ0n) is 12.8. The topological polar surface area (TPSA) is 65.0 Å². The van der Waals surface area contributed by atoms with Crippen LogP contribution in [0.15, 0.2) is 25.0 Å². The molecule has 2 atom stereocenters. The molecule has 1 N–H and O–H groups in total. The molecule has 0 rings (SSSR count). The highest BCUT2D eigenvalue weighted by atomic mass is 16.7. The van der Waals surface area contributed by atoms with E-state index in [0.29, 0.717) is 12.8 Å². The summed E-state index contributed by atoms with van der Waals surface area (Å²) in [5.74, 6) is -1.87. The normalized spacial score (nSPS) is 15.4. The second-order valence-corrected chi connectivity index (χ2v) is 5.15. The van der Waals surface area contributed by atoms with Crippen LogP contribution in [0.5, 0.6) is 0 Å². The molecular formula is C15H26O5. The lowest BCUT2D eigenvalue weighted by molar-refractivity contribution is -0.276. The summed E-state index contributed by atoms with van der Waals surface area (Å²) in [5.41, 5.74) is 0.175. The third-order valence-electron chi connectivity index (χ3n) is 2.55. The maximum Gasteiger partial charge on any atom is 0.330 e. The first-order valence-corrected chi connectivity index (χ1v) is 6.69. The lowest BCUT2D eigenvalue weighted by Gasteiger charge is -2.34. The summed E-state index contributed by atoms with van der Waals surface area (Å²) < 4.78 is 16.7. The second-order valence-electron chi connectivity index (χ2n) is 5.15. The molecule has 0 amide bonds. The minimum Gasteiger partial charge on any atom is -0.496 e. The molecule has 2 unspecified atom stereocenters. The van der Waals surface area contributed by atoms with E-state index in [9.17, 15) is 4.79 Å². The molecule has 116 valence electrons. The van der Waals surface area contributed by atoms with Gasteiger partial charge in [-0.15, -0.1) is 0 Å². The van der Waals surface area contributed by atoms with Gasteiger partial charge in [0, 0.05) is 5.57 Å². The number of carbonyl (C=O) groups is 1. The van der Waals surface area contributed by atoms with Gasteiger partial charge >= 0.3 is 5.97 Å². The molecule has 0 aliphatic carbocycles. The van der Waals surface area contributed by atoms with Crippen LogP contribution in [0.3, 0.4) is 0 Å². The molecule has 20 heavy (non-hydrogen) atoms. The fourth-order valence-corrected chi connectivity index (χ4v) is 1.77. The van der Waals surface area contributed by atoms with E-state index in [1.54, 1.807) is 6.92 Å². The molecule has 0 aromatic heterocycles. The summed E-state index contributed by atoms with van der Waals surface area (Å²) in [5, 5.41) is 8.77. The van der Waals surface area contributed by atoms with Gasteiger partial charge in [0.25, 0.3) is 0 Å². The van der Waals surface area contributed by atoms with Gasteiger partial charge in [0.05, 0.1) is 18.5 Å². The Hall–Kier alpha value is -1.33. The van der Waals surface area contributed by atoms with E-state index in [0.717, 1.165) is 0 Å². The van der Waals surface area contributed by atoms with Gasteiger partial charge in [-0.25, -0.2) is 4.79 Å². The Bertz CT molecular complexity index is 337. The van der Waals surface area contributed by atoms with Crippen LogP contribution in [0.25, 0.3) is 0 Å². The van der Waals surface area contributed by atoms with E-state index in [2.05, 4.69) is 13.2 Å². The van der Waals surface area contributed by atoms with Crippen molar-refractivity contribution in [1.29, 1.82) is 0 Å². The Balaban J connectivity index is 4.44. The molecule has 0 aliphatic rings. The molecule has 0 aliphatic heterocycles. The van der Waals surface area contributed by atoms with Crippen LogP contribution in [-0.4, -0.2) is 35.7 Å². The number of aliphatic carboxylic acids is 1. The van der Waals surface area contributed by atoms with Gasteiger partial charge in [-0.05, 0) is 40.5 Å². The van der Waals surface area contributed by atoms with Crippen LogP contribution in [0.2, 0.25) is 0 Å². The molecule has 0 saturated heterocycles. The minimum atomic E-state index is -0.978. The van der Waals surface area contributed by atoms with Crippen molar-refractivity contribution < 1.29 is 24.1 Å². The van der Waals surface area contributed by atoms with Crippen molar-refractivity contribution >= 4 is 5.97 Å². The van der Waals surface area contributed by atoms with Crippen LogP contribution < -0.4 is 0 Å². The van der Waals surface area contributed by atoms with Crippen molar-refractivity contribution in [2.45, 2.75) is 58.5 Å². The first-order valence-electron chi connectivity index (χ1n) is 6.69. The van der Waals surface area contributed by atoms with E-state index in [1.807, 2.05) is 20.8 Å². The molecule has 0 heterocycles. The van der Waals surface area contributed by atoms with Crippen LogP contribution in [0.4, 0.5) is 0 Å². The van der Waals surface area contributed by atoms with E-state index < -0.39 is 11.8 Å². The number of hydrogen-bond acceptors (Lipinski definition) is 4. The largest absolute Gasteiger partial charge is 0.496 e. The van der Waals surface area contributed by atoms with Gasteiger partial charge in [-0.2, -0.15) is 0 Å². The number of hydrogen-bond donors (Lipinski definition) is 1. The van der Waals surface area contributed by atoms with E-state index in [1.165, 1.54) is 6.26 Å². The third-order valence-corrected chi connectivity index (χ3v) is 2.55. The highest BCUT2D eigenvalue weighted by Gasteiger charge is 2.30. The molecule has 5 nitrogen and oxygen atoms in total. The molecule has 0 radical (unpaired) electrons. The van der Waals surface area contributed by atoms with E-state index in [4.69, 9.17) is 19.3 Å². The Kier molecular flexibility index (Phi) is 8.18. The van der Waals surface area contributed by atoms with Crippen LogP contribution in [0, 0.1) is 0 Å². The van der Waals surface area contributed by atoms with E-state index in [-0.39, 0.29) is 24.4 Å². The minimum absolute atomic E-state index is 0.0189. The average Bonchev–Trinajstić information content (AvgIpc) is 2.32. The number of carboxylic acid groups (broad SMARTS) is 1. The third kappa shape index (κ3) is 7.96. The van der Waals surface area contributed by atoms with Crippen molar-refractivity contribution in [3.63, 3.8) is 0 Å². The molecule has 0 fully saturated rings. The van der Waals surface area contributed by atoms with Crippen molar-refractivity contribution in [3.8, 4) is 0 Å². The summed E-state index contributed by atoms with van der Waals surface area (Å²) in [6, 6.07) is 0. The Labute approximate surface area is 121 Å². The van der Waals surface area contributed by atoms with Crippen molar-refractivity contribution in [2.24, 2.45) is 0 Å². The molecule has 0 spiro atoms. The van der Waals surface area contributed by atoms with Gasteiger partial charge < -0.3 is 19.3 Å². The van der Waals surface area contributed by atoms with E-state index >= 15 is 0 Å². The van der Waals surface area contributed by atoms with Crippen LogP contribution in [0.1, 0.15) is 40.5 Å². The summed E-state index contributed by atoms with van der Waals surface area (Å²) in [4.78, 5) is 10.7. The Morgan fingerprint density at radius 3 is 2.40 bits per heavy atom. The number of ether oxygens (including phenoxy) is 3. The van der Waals surface area contributed by atoms with Gasteiger partial charge in [0.15, 0.2) is 5.79 Å². The zero-order chi connectivity index (χ0) is 15.8. The fraction of sp³-hybridized carbons (Fsp3) is 0.667.